The van der Waals surface area contributed by atoms with Gasteiger partial charge in [-0.1, -0.05) is 25.8 Å². The molecule has 0 atom stereocenters. The van der Waals surface area contributed by atoms with E-state index in [9.17, 15) is 9.59 Å². The maximum atomic E-state index is 11.5. The van der Waals surface area contributed by atoms with E-state index in [0.717, 1.165) is 37.2 Å². The molecule has 1 saturated carbocycles. The number of nitrogens with zero attached hydrogens (tertiary/aromatic N) is 1. The maximum Gasteiger partial charge on any atom is 0.267 e. The van der Waals surface area contributed by atoms with Gasteiger partial charge in [-0.05, 0) is 36.3 Å². The molecule has 1 aliphatic rings. The average molecular weight is 261 g/mol. The van der Waals surface area contributed by atoms with Crippen LogP contribution >= 0.6 is 0 Å². The SMILES string of the molecule is CC1CCC(c2ccc(C(N)=O)nc2C(N)=O)CC1. The molecule has 5 heteroatoms. The third kappa shape index (κ3) is 2.92. The topological polar surface area (TPSA) is 99.1 Å². The third-order valence-corrected chi connectivity index (χ3v) is 3.87. The second-order valence-corrected chi connectivity index (χ2v) is 5.32. The smallest absolute Gasteiger partial charge is 0.267 e. The molecule has 2 amide bonds. The minimum Gasteiger partial charge on any atom is -0.364 e. The van der Waals surface area contributed by atoms with E-state index in [-0.39, 0.29) is 11.4 Å². The van der Waals surface area contributed by atoms with E-state index in [1.807, 2.05) is 0 Å². The highest BCUT2D eigenvalue weighted by Gasteiger charge is 2.24. The molecule has 1 aromatic heterocycles. The van der Waals surface area contributed by atoms with Crippen molar-refractivity contribution in [3.8, 4) is 0 Å². The number of carbonyl (C=O) groups excluding carboxylic acids is 2. The van der Waals surface area contributed by atoms with Crippen LogP contribution in [0.1, 0.15) is 65.1 Å². The Morgan fingerprint density at radius 2 is 1.74 bits per heavy atom. The van der Waals surface area contributed by atoms with E-state index in [0.29, 0.717) is 5.92 Å². The van der Waals surface area contributed by atoms with Crippen LogP contribution in [0, 0.1) is 5.92 Å². The summed E-state index contributed by atoms with van der Waals surface area (Å²) in [4.78, 5) is 26.6. The fraction of sp³-hybridized carbons (Fsp3) is 0.500. The predicted molar refractivity (Wildman–Crippen MR) is 71.6 cm³/mol. The van der Waals surface area contributed by atoms with Gasteiger partial charge in [-0.15, -0.1) is 0 Å². The summed E-state index contributed by atoms with van der Waals surface area (Å²) in [6, 6.07) is 3.34. The van der Waals surface area contributed by atoms with Crippen LogP contribution in [0.15, 0.2) is 12.1 Å². The lowest BCUT2D eigenvalue weighted by molar-refractivity contribution is 0.0991. The van der Waals surface area contributed by atoms with Crippen LogP contribution in [0.25, 0.3) is 0 Å². The molecule has 0 saturated heterocycles. The number of rotatable bonds is 3. The van der Waals surface area contributed by atoms with E-state index >= 15 is 0 Å². The summed E-state index contributed by atoms with van der Waals surface area (Å²) in [5.74, 6) is -0.220. The average Bonchev–Trinajstić information content (AvgIpc) is 2.38. The lowest BCUT2D eigenvalue weighted by Crippen LogP contribution is -2.23. The zero-order valence-corrected chi connectivity index (χ0v) is 11.1. The lowest BCUT2D eigenvalue weighted by atomic mass is 9.79. The van der Waals surface area contributed by atoms with Gasteiger partial charge in [0.25, 0.3) is 11.8 Å². The lowest BCUT2D eigenvalue weighted by Gasteiger charge is -2.27. The molecule has 1 aromatic rings. The van der Waals surface area contributed by atoms with Crippen molar-refractivity contribution in [2.45, 2.75) is 38.5 Å². The van der Waals surface area contributed by atoms with Crippen molar-refractivity contribution in [3.63, 3.8) is 0 Å². The van der Waals surface area contributed by atoms with Crippen LogP contribution in [0.2, 0.25) is 0 Å². The molecule has 19 heavy (non-hydrogen) atoms. The van der Waals surface area contributed by atoms with Gasteiger partial charge < -0.3 is 11.5 Å². The van der Waals surface area contributed by atoms with Crippen molar-refractivity contribution >= 4 is 11.8 Å². The van der Waals surface area contributed by atoms with Gasteiger partial charge in [-0.25, -0.2) is 4.98 Å². The number of hydrogen-bond acceptors (Lipinski definition) is 3. The highest BCUT2D eigenvalue weighted by Crippen LogP contribution is 2.36. The first-order valence-electron chi connectivity index (χ1n) is 6.59. The van der Waals surface area contributed by atoms with Gasteiger partial charge in [0.2, 0.25) is 0 Å². The van der Waals surface area contributed by atoms with Gasteiger partial charge in [-0.3, -0.25) is 9.59 Å². The van der Waals surface area contributed by atoms with Gasteiger partial charge in [0.1, 0.15) is 11.4 Å². The Morgan fingerprint density at radius 1 is 1.11 bits per heavy atom. The van der Waals surface area contributed by atoms with Crippen LogP contribution < -0.4 is 11.5 Å². The molecule has 0 spiro atoms. The summed E-state index contributed by atoms with van der Waals surface area (Å²) < 4.78 is 0. The molecular formula is C14H19N3O2. The first-order valence-corrected chi connectivity index (χ1v) is 6.59. The molecule has 2 rings (SSSR count). The van der Waals surface area contributed by atoms with Crippen LogP contribution in [0.5, 0.6) is 0 Å². The maximum absolute atomic E-state index is 11.5. The summed E-state index contributed by atoms with van der Waals surface area (Å²) in [6.45, 7) is 2.24. The third-order valence-electron chi connectivity index (χ3n) is 3.87. The zero-order valence-electron chi connectivity index (χ0n) is 11.1. The number of carbonyl (C=O) groups is 2. The number of nitrogens with two attached hydrogens (primary N) is 2. The van der Waals surface area contributed by atoms with Crippen molar-refractivity contribution in [1.82, 2.24) is 4.98 Å². The van der Waals surface area contributed by atoms with Crippen molar-refractivity contribution in [2.24, 2.45) is 17.4 Å². The Balaban J connectivity index is 2.34. The molecule has 0 radical (unpaired) electrons. The van der Waals surface area contributed by atoms with E-state index in [4.69, 9.17) is 11.5 Å². The van der Waals surface area contributed by atoms with Crippen molar-refractivity contribution < 1.29 is 9.59 Å². The van der Waals surface area contributed by atoms with E-state index in [1.165, 1.54) is 0 Å². The van der Waals surface area contributed by atoms with Gasteiger partial charge in [-0.2, -0.15) is 0 Å². The zero-order chi connectivity index (χ0) is 14.0. The minimum absolute atomic E-state index is 0.0849. The Kier molecular flexibility index (Phi) is 3.83. The Labute approximate surface area is 112 Å². The summed E-state index contributed by atoms with van der Waals surface area (Å²) in [7, 11) is 0. The highest BCUT2D eigenvalue weighted by molar-refractivity contribution is 5.96. The first-order chi connectivity index (χ1) is 8.99. The number of aromatic nitrogens is 1. The van der Waals surface area contributed by atoms with Crippen LogP contribution in [0.4, 0.5) is 0 Å². The fourth-order valence-corrected chi connectivity index (χ4v) is 2.71. The number of hydrogen-bond donors (Lipinski definition) is 2. The standard InChI is InChI=1S/C14H19N3O2/c1-8-2-4-9(5-3-8)10-6-7-11(13(15)18)17-12(10)14(16)19/h6-9H,2-5H2,1H3,(H2,15,18)(H2,16,19). The largest absolute Gasteiger partial charge is 0.364 e. The molecule has 0 aliphatic heterocycles. The molecule has 0 bridgehead atoms. The van der Waals surface area contributed by atoms with Crippen molar-refractivity contribution in [3.05, 3.63) is 29.1 Å². The summed E-state index contributed by atoms with van der Waals surface area (Å²) in [5, 5.41) is 0. The summed E-state index contributed by atoms with van der Waals surface area (Å²) in [5.41, 5.74) is 11.7. The Morgan fingerprint density at radius 3 is 2.26 bits per heavy atom. The number of primary amides is 2. The molecule has 1 aliphatic carbocycles. The predicted octanol–water partition coefficient (Wildman–Crippen LogP) is 1.57. The van der Waals surface area contributed by atoms with Gasteiger partial charge in [0.05, 0.1) is 0 Å². The van der Waals surface area contributed by atoms with Gasteiger partial charge >= 0.3 is 0 Å². The second-order valence-electron chi connectivity index (χ2n) is 5.32. The molecule has 4 N–H and O–H groups in total. The fourth-order valence-electron chi connectivity index (χ4n) is 2.71. The van der Waals surface area contributed by atoms with Crippen molar-refractivity contribution in [2.75, 3.05) is 0 Å². The molecule has 1 fully saturated rings. The minimum atomic E-state index is -0.647. The van der Waals surface area contributed by atoms with Gasteiger partial charge in [0, 0.05) is 0 Å². The van der Waals surface area contributed by atoms with E-state index in [1.54, 1.807) is 12.1 Å². The Bertz CT molecular complexity index is 505. The summed E-state index contributed by atoms with van der Waals surface area (Å²) in [6.07, 6.45) is 4.33. The molecule has 0 aromatic carbocycles. The normalized spacial score (nSPS) is 23.0. The molecule has 0 unspecified atom stereocenters. The van der Waals surface area contributed by atoms with Crippen molar-refractivity contribution in [1.29, 1.82) is 0 Å². The molecule has 102 valence electrons. The van der Waals surface area contributed by atoms with Gasteiger partial charge in [0.15, 0.2) is 0 Å². The monoisotopic (exact) mass is 261 g/mol. The quantitative estimate of drug-likeness (QED) is 0.863. The van der Waals surface area contributed by atoms with Crippen LogP contribution in [-0.4, -0.2) is 16.8 Å². The Hall–Kier alpha value is -1.91. The van der Waals surface area contributed by atoms with E-state index < -0.39 is 11.8 Å². The first kappa shape index (κ1) is 13.5. The molecule has 1 heterocycles. The number of amides is 2. The second kappa shape index (κ2) is 5.38. The number of pyridine rings is 1. The molecular weight excluding hydrogens is 242 g/mol. The van der Waals surface area contributed by atoms with Crippen LogP contribution in [0.3, 0.4) is 0 Å². The molecule has 5 nitrogen and oxygen atoms in total. The van der Waals surface area contributed by atoms with Crippen LogP contribution in [-0.2, 0) is 0 Å². The highest BCUT2D eigenvalue weighted by atomic mass is 16.1. The summed E-state index contributed by atoms with van der Waals surface area (Å²) >= 11 is 0. The van der Waals surface area contributed by atoms with E-state index in [2.05, 4.69) is 11.9 Å².